The monoisotopic (exact) mass is 306 g/mol. The lowest BCUT2D eigenvalue weighted by Gasteiger charge is -2.22. The van der Waals surface area contributed by atoms with E-state index in [-0.39, 0.29) is 0 Å². The van der Waals surface area contributed by atoms with Gasteiger partial charge in [0.2, 0.25) is 11.9 Å². The third-order valence-corrected chi connectivity index (χ3v) is 3.92. The van der Waals surface area contributed by atoms with Gasteiger partial charge < -0.3 is 9.64 Å². The number of ether oxygens (including phenoxy) is 1. The Kier molecular flexibility index (Phi) is 4.16. The van der Waals surface area contributed by atoms with Gasteiger partial charge in [0, 0.05) is 12.6 Å². The number of hydrogen-bond acceptors (Lipinski definition) is 8. The fourth-order valence-electron chi connectivity index (χ4n) is 2.06. The molecule has 8 heteroatoms. The fourth-order valence-corrected chi connectivity index (χ4v) is 2.72. The molecule has 112 valence electrons. The summed E-state index contributed by atoms with van der Waals surface area (Å²) in [4.78, 5) is 15.1. The number of hydrogen-bond donors (Lipinski definition) is 2. The van der Waals surface area contributed by atoms with Gasteiger partial charge in [-0.1, -0.05) is 0 Å². The molecule has 0 aliphatic heterocycles. The molecule has 0 aromatic carbocycles. The van der Waals surface area contributed by atoms with Crippen molar-refractivity contribution >= 4 is 23.2 Å². The Labute approximate surface area is 127 Å². The molecular weight excluding hydrogens is 288 g/mol. The zero-order valence-electron chi connectivity index (χ0n) is 11.8. The van der Waals surface area contributed by atoms with Crippen molar-refractivity contribution in [1.82, 2.24) is 15.0 Å². The number of nitrogens with zero attached hydrogens (tertiary/aromatic N) is 4. The van der Waals surface area contributed by atoms with Crippen LogP contribution in [0.4, 0.5) is 11.9 Å². The van der Waals surface area contributed by atoms with Crippen molar-refractivity contribution in [3.63, 3.8) is 0 Å². The average Bonchev–Trinajstić information content (AvgIpc) is 3.21. The molecule has 1 aliphatic rings. The van der Waals surface area contributed by atoms with Gasteiger partial charge in [0.05, 0.1) is 6.61 Å². The number of rotatable bonds is 7. The van der Waals surface area contributed by atoms with E-state index in [1.54, 1.807) is 11.3 Å². The van der Waals surface area contributed by atoms with Crippen molar-refractivity contribution in [3.8, 4) is 6.01 Å². The summed E-state index contributed by atoms with van der Waals surface area (Å²) in [6, 6.07) is 2.89. The van der Waals surface area contributed by atoms with Crippen LogP contribution in [0.15, 0.2) is 16.8 Å². The molecule has 1 aliphatic carbocycles. The highest BCUT2D eigenvalue weighted by Crippen LogP contribution is 2.32. The van der Waals surface area contributed by atoms with Gasteiger partial charge in [0.25, 0.3) is 0 Å². The van der Waals surface area contributed by atoms with Crippen molar-refractivity contribution in [2.45, 2.75) is 32.4 Å². The second-order valence-electron chi connectivity index (χ2n) is 4.81. The minimum atomic E-state index is 0.298. The molecule has 0 bridgehead atoms. The molecule has 0 unspecified atom stereocenters. The third kappa shape index (κ3) is 3.40. The van der Waals surface area contributed by atoms with Crippen LogP contribution >= 0.6 is 11.3 Å². The normalized spacial score (nSPS) is 14.0. The maximum atomic E-state index is 5.44. The summed E-state index contributed by atoms with van der Waals surface area (Å²) >= 11 is 1.69. The molecule has 0 saturated heterocycles. The lowest BCUT2D eigenvalue weighted by atomic mass is 10.3. The highest BCUT2D eigenvalue weighted by molar-refractivity contribution is 7.07. The number of nitrogens with two attached hydrogens (primary N) is 1. The van der Waals surface area contributed by atoms with Gasteiger partial charge in [-0.25, -0.2) is 5.84 Å². The van der Waals surface area contributed by atoms with E-state index in [9.17, 15) is 0 Å². The zero-order chi connectivity index (χ0) is 14.7. The Morgan fingerprint density at radius 3 is 2.90 bits per heavy atom. The minimum absolute atomic E-state index is 0.298. The van der Waals surface area contributed by atoms with Crippen molar-refractivity contribution in [1.29, 1.82) is 0 Å². The summed E-state index contributed by atoms with van der Waals surface area (Å²) < 4.78 is 5.39. The SMILES string of the molecule is CCOc1nc(NN)nc(N(Cc2ccsc2)C2CC2)n1. The van der Waals surface area contributed by atoms with Crippen LogP contribution in [-0.4, -0.2) is 27.6 Å². The summed E-state index contributed by atoms with van der Waals surface area (Å²) in [5, 5.41) is 4.22. The highest BCUT2D eigenvalue weighted by Gasteiger charge is 2.31. The first-order chi connectivity index (χ1) is 10.3. The van der Waals surface area contributed by atoms with Gasteiger partial charge in [0.15, 0.2) is 0 Å². The van der Waals surface area contributed by atoms with Crippen LogP contribution < -0.4 is 20.9 Å². The molecule has 7 nitrogen and oxygen atoms in total. The highest BCUT2D eigenvalue weighted by atomic mass is 32.1. The van der Waals surface area contributed by atoms with E-state index in [4.69, 9.17) is 10.6 Å². The van der Waals surface area contributed by atoms with E-state index in [2.05, 4.69) is 42.1 Å². The van der Waals surface area contributed by atoms with Crippen molar-refractivity contribution in [2.75, 3.05) is 16.9 Å². The first-order valence-electron chi connectivity index (χ1n) is 6.93. The second kappa shape index (κ2) is 6.23. The second-order valence-corrected chi connectivity index (χ2v) is 5.59. The Bertz CT molecular complexity index is 586. The lowest BCUT2D eigenvalue weighted by Crippen LogP contribution is -2.28. The molecule has 0 amide bonds. The molecule has 0 spiro atoms. The van der Waals surface area contributed by atoms with Gasteiger partial charge >= 0.3 is 6.01 Å². The Balaban J connectivity index is 1.88. The fraction of sp³-hybridized carbons (Fsp3) is 0.462. The Hall–Kier alpha value is -1.93. The standard InChI is InChI=1S/C13H18N6OS/c1-2-20-13-16-11(18-14)15-12(17-13)19(10-3-4-10)7-9-5-6-21-8-9/h5-6,8,10H,2-4,7,14H2,1H3,(H,15,16,17,18). The summed E-state index contributed by atoms with van der Waals surface area (Å²) in [6.07, 6.45) is 2.32. The summed E-state index contributed by atoms with van der Waals surface area (Å²) in [5.41, 5.74) is 3.73. The predicted molar refractivity (Wildman–Crippen MR) is 82.3 cm³/mol. The number of thiophene rings is 1. The Morgan fingerprint density at radius 1 is 1.43 bits per heavy atom. The lowest BCUT2D eigenvalue weighted by molar-refractivity contribution is 0.312. The molecule has 1 fully saturated rings. The van der Waals surface area contributed by atoms with E-state index >= 15 is 0 Å². The van der Waals surface area contributed by atoms with Gasteiger partial charge in [-0.15, -0.1) is 0 Å². The third-order valence-electron chi connectivity index (χ3n) is 3.18. The van der Waals surface area contributed by atoms with E-state index in [1.807, 2.05) is 6.92 Å². The van der Waals surface area contributed by atoms with Crippen molar-refractivity contribution in [2.24, 2.45) is 5.84 Å². The van der Waals surface area contributed by atoms with Crippen molar-refractivity contribution < 1.29 is 4.74 Å². The first kappa shape index (κ1) is 14.0. The maximum Gasteiger partial charge on any atom is 0.323 e. The molecule has 2 aromatic rings. The van der Waals surface area contributed by atoms with Gasteiger partial charge in [-0.2, -0.15) is 26.3 Å². The van der Waals surface area contributed by atoms with Crippen molar-refractivity contribution in [3.05, 3.63) is 22.4 Å². The van der Waals surface area contributed by atoms with Crippen LogP contribution in [0.2, 0.25) is 0 Å². The first-order valence-corrected chi connectivity index (χ1v) is 7.87. The number of anilines is 2. The van der Waals surface area contributed by atoms with Crippen LogP contribution in [0.5, 0.6) is 6.01 Å². The van der Waals surface area contributed by atoms with Crippen LogP contribution in [-0.2, 0) is 6.54 Å². The minimum Gasteiger partial charge on any atom is -0.464 e. The molecular formula is C13H18N6OS. The van der Waals surface area contributed by atoms with Gasteiger partial charge in [0.1, 0.15) is 0 Å². The zero-order valence-corrected chi connectivity index (χ0v) is 12.6. The van der Waals surface area contributed by atoms with Crippen LogP contribution in [0.3, 0.4) is 0 Å². The van der Waals surface area contributed by atoms with E-state index < -0.39 is 0 Å². The quantitative estimate of drug-likeness (QED) is 0.595. The average molecular weight is 306 g/mol. The molecule has 0 radical (unpaired) electrons. The summed E-state index contributed by atoms with van der Waals surface area (Å²) in [5.74, 6) is 6.36. The summed E-state index contributed by atoms with van der Waals surface area (Å²) in [6.45, 7) is 3.18. The summed E-state index contributed by atoms with van der Waals surface area (Å²) in [7, 11) is 0. The van der Waals surface area contributed by atoms with Gasteiger partial charge in [-0.3, -0.25) is 5.43 Å². The number of nitrogens with one attached hydrogen (secondary N) is 1. The van der Waals surface area contributed by atoms with E-state index in [1.165, 1.54) is 5.56 Å². The molecule has 21 heavy (non-hydrogen) atoms. The number of hydrazine groups is 1. The number of nitrogen functional groups attached to an aromatic ring is 1. The van der Waals surface area contributed by atoms with Crippen LogP contribution in [0.1, 0.15) is 25.3 Å². The topological polar surface area (TPSA) is 89.2 Å². The van der Waals surface area contributed by atoms with E-state index in [0.717, 1.165) is 19.4 Å². The van der Waals surface area contributed by atoms with Crippen LogP contribution in [0, 0.1) is 0 Å². The maximum absolute atomic E-state index is 5.44. The molecule has 3 N–H and O–H groups in total. The van der Waals surface area contributed by atoms with E-state index in [0.29, 0.717) is 30.6 Å². The van der Waals surface area contributed by atoms with Crippen LogP contribution in [0.25, 0.3) is 0 Å². The number of aromatic nitrogens is 3. The van der Waals surface area contributed by atoms with Gasteiger partial charge in [-0.05, 0) is 42.2 Å². The predicted octanol–water partition coefficient (Wildman–Crippen LogP) is 1.79. The molecule has 3 rings (SSSR count). The molecule has 0 atom stereocenters. The molecule has 2 aromatic heterocycles. The molecule has 2 heterocycles. The largest absolute Gasteiger partial charge is 0.464 e. The Morgan fingerprint density at radius 2 is 2.29 bits per heavy atom. The smallest absolute Gasteiger partial charge is 0.323 e. The molecule has 1 saturated carbocycles.